The van der Waals surface area contributed by atoms with E-state index in [-0.39, 0.29) is 10.9 Å². The second-order valence-electron chi connectivity index (χ2n) is 7.12. The normalized spacial score (nSPS) is 18.5. The summed E-state index contributed by atoms with van der Waals surface area (Å²) >= 11 is 0. The molecule has 0 amide bonds. The minimum atomic E-state index is -3.55. The van der Waals surface area contributed by atoms with Crippen molar-refractivity contribution in [1.29, 1.82) is 0 Å². The Bertz CT molecular complexity index is 853. The first-order chi connectivity index (χ1) is 13.0. The van der Waals surface area contributed by atoms with E-state index in [1.807, 2.05) is 25.1 Å². The van der Waals surface area contributed by atoms with Crippen LogP contribution in [0.15, 0.2) is 47.5 Å². The summed E-state index contributed by atoms with van der Waals surface area (Å²) in [5, 5.41) is 0.199. The van der Waals surface area contributed by atoms with Gasteiger partial charge < -0.3 is 0 Å². The summed E-state index contributed by atoms with van der Waals surface area (Å²) < 4.78 is 27.7. The van der Waals surface area contributed by atoms with E-state index < -0.39 is 10.0 Å². The van der Waals surface area contributed by atoms with Crippen LogP contribution < -0.4 is 4.72 Å². The highest BCUT2D eigenvalue weighted by Gasteiger charge is 2.25. The van der Waals surface area contributed by atoms with Crippen molar-refractivity contribution in [2.45, 2.75) is 50.6 Å². The van der Waals surface area contributed by atoms with Gasteiger partial charge in [-0.3, -0.25) is 4.90 Å². The molecule has 0 saturated carbocycles. The molecule has 3 rings (SSSR count). The monoisotopic (exact) mass is 387 g/mol. The van der Waals surface area contributed by atoms with Crippen LogP contribution in [0, 0.1) is 0 Å². The summed E-state index contributed by atoms with van der Waals surface area (Å²) in [5.74, 6) is 0.268. The van der Waals surface area contributed by atoms with Gasteiger partial charge in [0.05, 0.1) is 0 Å². The molecule has 1 unspecified atom stereocenters. The van der Waals surface area contributed by atoms with Gasteiger partial charge in [0.25, 0.3) is 10.0 Å². The number of hydrogen-bond donors (Lipinski definition) is 1. The lowest BCUT2D eigenvalue weighted by Crippen LogP contribution is -2.34. The van der Waals surface area contributed by atoms with E-state index in [9.17, 15) is 8.42 Å². The van der Waals surface area contributed by atoms with Gasteiger partial charge in [0.15, 0.2) is 5.03 Å². The van der Waals surface area contributed by atoms with Crippen molar-refractivity contribution in [3.8, 4) is 0 Å². The molecule has 6 heteroatoms. The summed E-state index contributed by atoms with van der Waals surface area (Å²) in [7, 11) is -3.55. The van der Waals surface area contributed by atoms with Crippen molar-refractivity contribution in [2.24, 2.45) is 0 Å². The highest BCUT2D eigenvalue weighted by molar-refractivity contribution is 7.89. The minimum absolute atomic E-state index is 0.199. The van der Waals surface area contributed by atoms with E-state index in [1.165, 1.54) is 5.56 Å². The van der Waals surface area contributed by atoms with Crippen LogP contribution in [0.2, 0.25) is 0 Å². The molecule has 1 atom stereocenters. The molecule has 1 aliphatic heterocycles. The molecule has 1 aromatic heterocycles. The number of sulfonamides is 1. The number of piperidine rings is 1. The average Bonchev–Trinajstić information content (AvgIpc) is 2.68. The molecule has 27 heavy (non-hydrogen) atoms. The lowest BCUT2D eigenvalue weighted by molar-refractivity contribution is 0.198. The molecule has 0 bridgehead atoms. The Balaban J connectivity index is 1.81. The summed E-state index contributed by atoms with van der Waals surface area (Å²) in [5.41, 5.74) is 2.97. The summed E-state index contributed by atoms with van der Waals surface area (Å²) in [6.07, 6.45) is 2.80. The quantitative estimate of drug-likeness (QED) is 0.792. The Morgan fingerprint density at radius 1 is 1.15 bits per heavy atom. The number of hydrogen-bond acceptors (Lipinski definition) is 4. The molecule has 1 saturated heterocycles. The fourth-order valence-electron chi connectivity index (χ4n) is 3.75. The molecule has 5 nitrogen and oxygen atoms in total. The van der Waals surface area contributed by atoms with Crippen molar-refractivity contribution in [1.82, 2.24) is 14.6 Å². The minimum Gasteiger partial charge on any atom is -0.298 e. The van der Waals surface area contributed by atoms with Crippen LogP contribution in [-0.4, -0.2) is 37.9 Å². The van der Waals surface area contributed by atoms with Crippen molar-refractivity contribution in [3.05, 3.63) is 59.3 Å². The maximum atomic E-state index is 12.6. The molecule has 2 aromatic rings. The van der Waals surface area contributed by atoms with E-state index in [0.717, 1.165) is 43.7 Å². The van der Waals surface area contributed by atoms with Crippen LogP contribution in [0.5, 0.6) is 0 Å². The Morgan fingerprint density at radius 2 is 1.93 bits per heavy atom. The lowest BCUT2D eigenvalue weighted by atomic mass is 9.93. The van der Waals surface area contributed by atoms with Crippen molar-refractivity contribution in [3.63, 3.8) is 0 Å². The topological polar surface area (TPSA) is 62.3 Å². The number of aryl methyl sites for hydroxylation is 1. The zero-order valence-electron chi connectivity index (χ0n) is 16.2. The fraction of sp³-hybridized carbons (Fsp3) is 0.476. The molecule has 0 aliphatic carbocycles. The fourth-order valence-corrected chi connectivity index (χ4v) is 5.05. The second-order valence-corrected chi connectivity index (χ2v) is 8.80. The van der Waals surface area contributed by atoms with Gasteiger partial charge in [-0.2, -0.15) is 0 Å². The summed E-state index contributed by atoms with van der Waals surface area (Å²) in [4.78, 5) is 7.06. The maximum absolute atomic E-state index is 12.6. The standard InChI is InChI=1S/C21H29N3O2S/c1-3-18-12-13-20(23-21(18)27(25,26)22-4-2)19-11-8-14-24(16-19)15-17-9-6-5-7-10-17/h5-7,9-10,12-13,19,22H,3-4,8,11,14-16H2,1-2H3. The van der Waals surface area contributed by atoms with Gasteiger partial charge in [-0.15, -0.1) is 0 Å². The van der Waals surface area contributed by atoms with Crippen LogP contribution in [0.25, 0.3) is 0 Å². The van der Waals surface area contributed by atoms with E-state index >= 15 is 0 Å². The first-order valence-electron chi connectivity index (χ1n) is 9.79. The first kappa shape index (κ1) is 20.0. The van der Waals surface area contributed by atoms with Crippen LogP contribution >= 0.6 is 0 Å². The third-order valence-electron chi connectivity index (χ3n) is 5.10. The smallest absolute Gasteiger partial charge is 0.258 e. The molecule has 2 heterocycles. The van der Waals surface area contributed by atoms with Gasteiger partial charge >= 0.3 is 0 Å². The first-order valence-corrected chi connectivity index (χ1v) is 11.3. The Kier molecular flexibility index (Phi) is 6.63. The van der Waals surface area contributed by atoms with Gasteiger partial charge in [0.2, 0.25) is 0 Å². The predicted octanol–water partition coefficient (Wildman–Crippen LogP) is 3.32. The number of nitrogens with zero attached hydrogens (tertiary/aromatic N) is 2. The summed E-state index contributed by atoms with van der Waals surface area (Å²) in [6.45, 7) is 7.02. The van der Waals surface area contributed by atoms with Gasteiger partial charge in [-0.1, -0.05) is 50.2 Å². The molecule has 1 aromatic carbocycles. The molecule has 1 aliphatic rings. The van der Waals surface area contributed by atoms with Gasteiger partial charge in [-0.25, -0.2) is 18.1 Å². The Hall–Kier alpha value is -1.76. The predicted molar refractivity (Wildman–Crippen MR) is 108 cm³/mol. The second kappa shape index (κ2) is 8.95. The number of rotatable bonds is 7. The molecule has 0 spiro atoms. The Morgan fingerprint density at radius 3 is 2.63 bits per heavy atom. The maximum Gasteiger partial charge on any atom is 0.258 e. The van der Waals surface area contributed by atoms with E-state index in [2.05, 4.69) is 38.9 Å². The van der Waals surface area contributed by atoms with Crippen LogP contribution in [0.1, 0.15) is 49.4 Å². The summed E-state index contributed by atoms with van der Waals surface area (Å²) in [6, 6.07) is 14.4. The molecular weight excluding hydrogens is 358 g/mol. The zero-order valence-corrected chi connectivity index (χ0v) is 17.0. The molecule has 146 valence electrons. The van der Waals surface area contributed by atoms with Crippen molar-refractivity contribution >= 4 is 10.0 Å². The highest BCUT2D eigenvalue weighted by Crippen LogP contribution is 2.28. The number of benzene rings is 1. The van der Waals surface area contributed by atoms with E-state index in [0.29, 0.717) is 13.0 Å². The third kappa shape index (κ3) is 4.94. The molecular formula is C21H29N3O2S. The Labute approximate surface area is 162 Å². The number of nitrogens with one attached hydrogen (secondary N) is 1. The molecule has 1 N–H and O–H groups in total. The van der Waals surface area contributed by atoms with Crippen LogP contribution in [0.4, 0.5) is 0 Å². The van der Waals surface area contributed by atoms with Crippen LogP contribution in [0.3, 0.4) is 0 Å². The van der Waals surface area contributed by atoms with E-state index in [4.69, 9.17) is 0 Å². The van der Waals surface area contributed by atoms with E-state index in [1.54, 1.807) is 6.92 Å². The van der Waals surface area contributed by atoms with Crippen LogP contribution in [-0.2, 0) is 23.0 Å². The zero-order chi connectivity index (χ0) is 19.3. The average molecular weight is 388 g/mol. The SMILES string of the molecule is CCNS(=O)(=O)c1nc(C2CCCN(Cc3ccccc3)C2)ccc1CC. The van der Waals surface area contributed by atoms with Gasteiger partial charge in [0.1, 0.15) is 0 Å². The molecule has 0 radical (unpaired) electrons. The number of likely N-dealkylation sites (tertiary alicyclic amines) is 1. The van der Waals surface area contributed by atoms with Crippen molar-refractivity contribution in [2.75, 3.05) is 19.6 Å². The van der Waals surface area contributed by atoms with Crippen molar-refractivity contribution < 1.29 is 8.42 Å². The molecule has 1 fully saturated rings. The van der Waals surface area contributed by atoms with Gasteiger partial charge in [0, 0.05) is 31.2 Å². The van der Waals surface area contributed by atoms with Gasteiger partial charge in [-0.05, 0) is 43.0 Å². The lowest BCUT2D eigenvalue weighted by Gasteiger charge is -2.32. The third-order valence-corrected chi connectivity index (χ3v) is 6.63. The number of pyridine rings is 1. The largest absolute Gasteiger partial charge is 0.298 e. The number of aromatic nitrogens is 1. The highest BCUT2D eigenvalue weighted by atomic mass is 32.2.